The van der Waals surface area contributed by atoms with Crippen LogP contribution in [0.3, 0.4) is 0 Å². The molecule has 0 aliphatic heterocycles. The average Bonchev–Trinajstić information content (AvgIpc) is 2.76. The fourth-order valence-corrected chi connectivity index (χ4v) is 5.44. The molecule has 1 fully saturated rings. The van der Waals surface area contributed by atoms with Crippen LogP contribution >= 0.6 is 0 Å². The summed E-state index contributed by atoms with van der Waals surface area (Å²) in [6.45, 7) is 4.59. The molecular weight excluding hydrogens is 260 g/mol. The van der Waals surface area contributed by atoms with Gasteiger partial charge >= 0.3 is 0 Å². The van der Waals surface area contributed by atoms with Crippen LogP contribution in [-0.2, 0) is 4.79 Å². The molecular formula is C19H24O2. The molecule has 0 heterocycles. The average molecular weight is 284 g/mol. The number of hydrogen-bond acceptors (Lipinski definition) is 2. The molecule has 6 unspecified atom stereocenters. The second-order valence-electron chi connectivity index (χ2n) is 7.93. The van der Waals surface area contributed by atoms with Crippen LogP contribution in [0.15, 0.2) is 36.0 Å². The molecule has 2 heteroatoms. The van der Waals surface area contributed by atoms with E-state index in [0.717, 1.165) is 19.3 Å². The first kappa shape index (κ1) is 13.5. The quantitative estimate of drug-likeness (QED) is 0.692. The van der Waals surface area contributed by atoms with Gasteiger partial charge in [-0.1, -0.05) is 38.2 Å². The lowest BCUT2D eigenvalue weighted by atomic mass is 9.49. The second-order valence-corrected chi connectivity index (χ2v) is 7.93. The lowest BCUT2D eigenvalue weighted by Crippen LogP contribution is -2.50. The number of allylic oxidation sites excluding steroid dienone is 5. The van der Waals surface area contributed by atoms with Crippen LogP contribution in [0.25, 0.3) is 0 Å². The lowest BCUT2D eigenvalue weighted by molar-refractivity contribution is -0.116. The predicted octanol–water partition coefficient (Wildman–Crippen LogP) is 3.43. The summed E-state index contributed by atoms with van der Waals surface area (Å²) in [6.07, 6.45) is 14.3. The molecule has 112 valence electrons. The van der Waals surface area contributed by atoms with E-state index in [0.29, 0.717) is 24.2 Å². The van der Waals surface area contributed by atoms with E-state index >= 15 is 0 Å². The maximum Gasteiger partial charge on any atom is 0.156 e. The maximum atomic E-state index is 11.7. The Labute approximate surface area is 126 Å². The van der Waals surface area contributed by atoms with E-state index in [1.807, 2.05) is 12.2 Å². The summed E-state index contributed by atoms with van der Waals surface area (Å²) in [5, 5.41) is 10.3. The van der Waals surface area contributed by atoms with Gasteiger partial charge in [-0.3, -0.25) is 4.79 Å². The van der Waals surface area contributed by atoms with Crippen LogP contribution in [0.2, 0.25) is 0 Å². The molecule has 1 N–H and O–H groups in total. The topological polar surface area (TPSA) is 37.3 Å². The monoisotopic (exact) mass is 284 g/mol. The summed E-state index contributed by atoms with van der Waals surface area (Å²) < 4.78 is 0. The van der Waals surface area contributed by atoms with Crippen molar-refractivity contribution in [3.8, 4) is 0 Å². The van der Waals surface area contributed by atoms with Crippen molar-refractivity contribution >= 4 is 5.78 Å². The molecule has 4 rings (SSSR count). The lowest BCUT2D eigenvalue weighted by Gasteiger charge is -2.55. The summed E-state index contributed by atoms with van der Waals surface area (Å²) in [5.41, 5.74) is 1.40. The van der Waals surface area contributed by atoms with Gasteiger partial charge in [0.05, 0.1) is 6.10 Å². The standard InChI is InChI=1S/C19H24O2/c1-18-9-7-13(20)11-12(18)3-4-14-15-5-6-17(21)19(15,2)10-8-16(14)18/h3-6,11,14-17,21H,7-10H2,1-2H3. The predicted molar refractivity (Wildman–Crippen MR) is 82.5 cm³/mol. The number of fused-ring (bicyclic) bond motifs is 5. The van der Waals surface area contributed by atoms with Crippen molar-refractivity contribution in [2.24, 2.45) is 28.6 Å². The molecule has 21 heavy (non-hydrogen) atoms. The molecule has 0 aromatic heterocycles. The minimum Gasteiger partial charge on any atom is -0.388 e. The van der Waals surface area contributed by atoms with Crippen LogP contribution in [0.1, 0.15) is 39.5 Å². The zero-order valence-electron chi connectivity index (χ0n) is 12.9. The van der Waals surface area contributed by atoms with E-state index in [-0.39, 0.29) is 22.7 Å². The third kappa shape index (κ3) is 1.66. The van der Waals surface area contributed by atoms with Crippen molar-refractivity contribution in [3.63, 3.8) is 0 Å². The SMILES string of the molecule is CC12CCC(=O)C=C1C=CC1C2CCC2(C)C(O)C=CC12. The number of ketones is 1. The van der Waals surface area contributed by atoms with Gasteiger partial charge in [-0.25, -0.2) is 0 Å². The molecule has 0 saturated heterocycles. The highest BCUT2D eigenvalue weighted by molar-refractivity contribution is 5.92. The Kier molecular flexibility index (Phi) is 2.70. The molecule has 4 aliphatic carbocycles. The first-order chi connectivity index (χ1) is 9.95. The van der Waals surface area contributed by atoms with Gasteiger partial charge in [-0.15, -0.1) is 0 Å². The van der Waals surface area contributed by atoms with E-state index in [1.165, 1.54) is 5.57 Å². The van der Waals surface area contributed by atoms with Crippen molar-refractivity contribution in [2.45, 2.75) is 45.6 Å². The fourth-order valence-electron chi connectivity index (χ4n) is 5.44. The van der Waals surface area contributed by atoms with Gasteiger partial charge in [0.1, 0.15) is 0 Å². The van der Waals surface area contributed by atoms with Gasteiger partial charge in [0.2, 0.25) is 0 Å². The van der Waals surface area contributed by atoms with Crippen LogP contribution in [0, 0.1) is 28.6 Å². The van der Waals surface area contributed by atoms with Gasteiger partial charge in [0, 0.05) is 11.8 Å². The van der Waals surface area contributed by atoms with Crippen molar-refractivity contribution in [3.05, 3.63) is 36.0 Å². The molecule has 0 spiro atoms. The van der Waals surface area contributed by atoms with Gasteiger partial charge in [-0.2, -0.15) is 0 Å². The van der Waals surface area contributed by atoms with E-state index in [2.05, 4.69) is 32.1 Å². The Morgan fingerprint density at radius 1 is 1.19 bits per heavy atom. The number of aliphatic hydroxyl groups excluding tert-OH is 1. The minimum absolute atomic E-state index is 0.00751. The van der Waals surface area contributed by atoms with E-state index in [9.17, 15) is 9.90 Å². The second kappa shape index (κ2) is 4.19. The van der Waals surface area contributed by atoms with Crippen molar-refractivity contribution in [1.82, 2.24) is 0 Å². The van der Waals surface area contributed by atoms with Crippen LogP contribution < -0.4 is 0 Å². The third-order valence-electron chi connectivity index (χ3n) is 6.99. The zero-order chi connectivity index (χ0) is 14.8. The molecule has 4 aliphatic rings. The van der Waals surface area contributed by atoms with Gasteiger partial charge in [0.15, 0.2) is 5.78 Å². The number of rotatable bonds is 0. The number of carbonyl (C=O) groups is 1. The molecule has 0 bridgehead atoms. The maximum absolute atomic E-state index is 11.7. The van der Waals surface area contributed by atoms with Crippen molar-refractivity contribution < 1.29 is 9.90 Å². The van der Waals surface area contributed by atoms with Crippen LogP contribution in [-0.4, -0.2) is 17.0 Å². The summed E-state index contributed by atoms with van der Waals surface area (Å²) in [6, 6.07) is 0. The first-order valence-corrected chi connectivity index (χ1v) is 8.25. The Balaban J connectivity index is 1.77. The Hall–Kier alpha value is -1.15. The smallest absolute Gasteiger partial charge is 0.156 e. The van der Waals surface area contributed by atoms with Crippen molar-refractivity contribution in [2.75, 3.05) is 0 Å². The third-order valence-corrected chi connectivity index (χ3v) is 6.99. The van der Waals surface area contributed by atoms with Gasteiger partial charge in [-0.05, 0) is 54.1 Å². The number of aliphatic hydroxyl groups is 1. The largest absolute Gasteiger partial charge is 0.388 e. The normalized spacial score (nSPS) is 51.2. The number of carbonyl (C=O) groups excluding carboxylic acids is 1. The Bertz CT molecular complexity index is 584. The molecule has 6 atom stereocenters. The van der Waals surface area contributed by atoms with E-state index < -0.39 is 0 Å². The molecule has 2 nitrogen and oxygen atoms in total. The Morgan fingerprint density at radius 2 is 2.00 bits per heavy atom. The summed E-state index contributed by atoms with van der Waals surface area (Å²) >= 11 is 0. The number of hydrogen-bond donors (Lipinski definition) is 1. The highest BCUT2D eigenvalue weighted by Crippen LogP contribution is 2.61. The molecule has 0 aromatic rings. The summed E-state index contributed by atoms with van der Waals surface area (Å²) in [5.74, 6) is 1.84. The highest BCUT2D eigenvalue weighted by atomic mass is 16.3. The highest BCUT2D eigenvalue weighted by Gasteiger charge is 2.56. The molecule has 0 amide bonds. The van der Waals surface area contributed by atoms with Gasteiger partial charge in [0.25, 0.3) is 0 Å². The van der Waals surface area contributed by atoms with Crippen LogP contribution in [0.5, 0.6) is 0 Å². The Morgan fingerprint density at radius 3 is 2.81 bits per heavy atom. The van der Waals surface area contributed by atoms with Gasteiger partial charge < -0.3 is 5.11 Å². The zero-order valence-corrected chi connectivity index (χ0v) is 12.9. The molecule has 0 radical (unpaired) electrons. The van der Waals surface area contributed by atoms with E-state index in [1.54, 1.807) is 0 Å². The van der Waals surface area contributed by atoms with Crippen LogP contribution in [0.4, 0.5) is 0 Å². The molecule has 1 saturated carbocycles. The van der Waals surface area contributed by atoms with Crippen molar-refractivity contribution in [1.29, 1.82) is 0 Å². The first-order valence-electron chi connectivity index (χ1n) is 8.25. The molecule has 0 aromatic carbocycles. The summed E-state index contributed by atoms with van der Waals surface area (Å²) in [4.78, 5) is 11.7. The van der Waals surface area contributed by atoms with E-state index in [4.69, 9.17) is 0 Å². The minimum atomic E-state index is -0.297. The summed E-state index contributed by atoms with van der Waals surface area (Å²) in [7, 11) is 0. The fraction of sp³-hybridized carbons (Fsp3) is 0.632.